The molecule has 96 valence electrons. The highest BCUT2D eigenvalue weighted by atomic mass is 28.2. The summed E-state index contributed by atoms with van der Waals surface area (Å²) < 4.78 is 0. The zero-order chi connectivity index (χ0) is 13.2. The molecule has 0 bridgehead atoms. The molecule has 2 aromatic rings. The van der Waals surface area contributed by atoms with Crippen molar-refractivity contribution in [3.05, 3.63) is 60.7 Å². The summed E-state index contributed by atoms with van der Waals surface area (Å²) in [7, 11) is 0.115. The first-order valence-corrected chi connectivity index (χ1v) is 10.4. The van der Waals surface area contributed by atoms with Crippen LogP contribution in [-0.4, -0.2) is 19.0 Å². The quantitative estimate of drug-likeness (QED) is 0.748. The van der Waals surface area contributed by atoms with Gasteiger partial charge in [-0.25, -0.2) is 0 Å². The third-order valence-corrected chi connectivity index (χ3v) is 6.30. The van der Waals surface area contributed by atoms with Gasteiger partial charge >= 0.3 is 0 Å². The second-order valence-electron chi connectivity index (χ2n) is 4.95. The summed E-state index contributed by atoms with van der Waals surface area (Å²) >= 11 is 0. The van der Waals surface area contributed by atoms with Gasteiger partial charge in [0.2, 0.25) is 0 Å². The maximum atomic E-state index is 2.34. The summed E-state index contributed by atoms with van der Waals surface area (Å²) in [4.78, 5) is 0. The molecule has 0 aliphatic carbocycles. The minimum atomic E-state index is -0.234. The van der Waals surface area contributed by atoms with E-state index in [0.29, 0.717) is 9.52 Å². The lowest BCUT2D eigenvalue weighted by molar-refractivity contribution is 1.06. The van der Waals surface area contributed by atoms with Crippen molar-refractivity contribution in [3.63, 3.8) is 0 Å². The van der Waals surface area contributed by atoms with Gasteiger partial charge in [-0.15, -0.1) is 0 Å². The summed E-state index contributed by atoms with van der Waals surface area (Å²) in [6.07, 6.45) is 0. The monoisotopic (exact) mass is 272 g/mol. The van der Waals surface area contributed by atoms with Crippen LogP contribution in [0.5, 0.6) is 0 Å². The van der Waals surface area contributed by atoms with Gasteiger partial charge in [0.1, 0.15) is 0 Å². The van der Waals surface area contributed by atoms with Crippen LogP contribution < -0.4 is 10.4 Å². The normalized spacial score (nSPS) is 10.4. The Morgan fingerprint density at radius 3 is 1.33 bits per heavy atom. The Hall–Kier alpha value is -1.13. The maximum Gasteiger partial charge on any atom is 0.0875 e. The van der Waals surface area contributed by atoms with Crippen LogP contribution in [0.3, 0.4) is 0 Å². The molecule has 0 aliphatic rings. The first-order valence-electron chi connectivity index (χ1n) is 6.80. The van der Waals surface area contributed by atoms with Crippen molar-refractivity contribution < 1.29 is 0 Å². The number of benzene rings is 2. The van der Waals surface area contributed by atoms with E-state index in [1.54, 1.807) is 0 Å². The van der Waals surface area contributed by atoms with Crippen molar-refractivity contribution in [3.8, 4) is 0 Å². The molecule has 0 atom stereocenters. The van der Waals surface area contributed by atoms with Crippen LogP contribution in [0.25, 0.3) is 0 Å². The molecule has 0 heterocycles. The van der Waals surface area contributed by atoms with Gasteiger partial charge in [-0.05, 0) is 0 Å². The molecule has 2 rings (SSSR count). The molecule has 2 heteroatoms. The van der Waals surface area contributed by atoms with Crippen LogP contribution in [0, 0.1) is 0 Å². The van der Waals surface area contributed by atoms with Crippen LogP contribution in [-0.2, 0) is 0 Å². The van der Waals surface area contributed by atoms with Crippen molar-refractivity contribution >= 4 is 29.4 Å². The van der Waals surface area contributed by atoms with Crippen LogP contribution in [0.1, 0.15) is 13.8 Å². The average Bonchev–Trinajstić information content (AvgIpc) is 2.42. The average molecular weight is 273 g/mol. The highest BCUT2D eigenvalue weighted by molar-refractivity contribution is 6.67. The summed E-state index contributed by atoms with van der Waals surface area (Å²) in [6.45, 7) is 6.91. The molecule has 0 aliphatic heterocycles. The molecule has 0 radical (unpaired) electrons. The molecule has 18 heavy (non-hydrogen) atoms. The lowest BCUT2D eigenvalue weighted by Gasteiger charge is -1.99. The second-order valence-corrected chi connectivity index (χ2v) is 9.39. The van der Waals surface area contributed by atoms with Gasteiger partial charge in [0.15, 0.2) is 0 Å². The molecule has 0 saturated carbocycles. The van der Waals surface area contributed by atoms with E-state index in [1.807, 2.05) is 0 Å². The topological polar surface area (TPSA) is 0 Å². The molecule has 0 unspecified atom stereocenters. The van der Waals surface area contributed by atoms with Crippen LogP contribution >= 0.6 is 0 Å². The van der Waals surface area contributed by atoms with E-state index in [2.05, 4.69) is 81.1 Å². The number of hydrogen-bond donors (Lipinski definition) is 0. The lowest BCUT2D eigenvalue weighted by Crippen LogP contribution is -2.26. The largest absolute Gasteiger partial charge is 0.0875 e. The highest BCUT2D eigenvalue weighted by Crippen LogP contribution is 1.92. The zero-order valence-electron chi connectivity index (χ0n) is 11.8. The van der Waals surface area contributed by atoms with Gasteiger partial charge in [-0.1, -0.05) is 97.0 Å². The Morgan fingerprint density at radius 2 is 1.06 bits per heavy atom. The molecular weight excluding hydrogens is 248 g/mol. The summed E-state index contributed by atoms with van der Waals surface area (Å²) in [5, 5.41) is 3.02. The van der Waals surface area contributed by atoms with Crippen LogP contribution in [0.4, 0.5) is 0 Å². The Kier molecular flexibility index (Phi) is 7.38. The van der Waals surface area contributed by atoms with Gasteiger partial charge < -0.3 is 0 Å². The molecule has 0 nitrogen and oxygen atoms in total. The Bertz CT molecular complexity index is 372. The van der Waals surface area contributed by atoms with Crippen molar-refractivity contribution in [2.45, 2.75) is 25.9 Å². The number of hydrogen-bond acceptors (Lipinski definition) is 0. The van der Waals surface area contributed by atoms with E-state index >= 15 is 0 Å². The number of rotatable bonds is 3. The smallest absolute Gasteiger partial charge is 0.0746 e. The van der Waals surface area contributed by atoms with Gasteiger partial charge in [-0.3, -0.25) is 0 Å². The summed E-state index contributed by atoms with van der Waals surface area (Å²) in [5.41, 5.74) is 1.02. The van der Waals surface area contributed by atoms with Crippen LogP contribution in [0.2, 0.25) is 12.1 Å². The van der Waals surface area contributed by atoms with E-state index in [9.17, 15) is 0 Å². The van der Waals surface area contributed by atoms with Crippen molar-refractivity contribution in [2.75, 3.05) is 0 Å². The molecule has 0 fully saturated rings. The van der Waals surface area contributed by atoms with E-state index in [-0.39, 0.29) is 9.52 Å². The fraction of sp³-hybridized carbons (Fsp3) is 0.250. The van der Waals surface area contributed by atoms with Crippen molar-refractivity contribution in [1.82, 2.24) is 0 Å². The predicted octanol–water partition coefficient (Wildman–Crippen LogP) is 1.84. The summed E-state index contributed by atoms with van der Waals surface area (Å²) in [6, 6.07) is 21.5. The van der Waals surface area contributed by atoms with Gasteiger partial charge in [0, 0.05) is 9.52 Å². The van der Waals surface area contributed by atoms with E-state index in [1.165, 1.54) is 10.4 Å². The van der Waals surface area contributed by atoms with E-state index < -0.39 is 0 Å². The Labute approximate surface area is 116 Å². The van der Waals surface area contributed by atoms with Gasteiger partial charge in [0.25, 0.3) is 0 Å². The minimum absolute atomic E-state index is 0.234. The first kappa shape index (κ1) is 14.9. The minimum Gasteiger partial charge on any atom is -0.0746 e. The molecule has 2 aromatic carbocycles. The zero-order valence-corrected chi connectivity index (χ0v) is 14.6. The van der Waals surface area contributed by atoms with Crippen molar-refractivity contribution in [2.24, 2.45) is 0 Å². The molecular formula is C16H24Si2. The molecule has 0 N–H and O–H groups in total. The molecule has 0 aromatic heterocycles. The van der Waals surface area contributed by atoms with Crippen LogP contribution in [0.15, 0.2) is 60.7 Å². The standard InChI is InChI=1S/C12H12Si.C4H12Si/c1-3-7-11(8-4-1)13-12-9-5-2-6-10-12;1-4(2)5-3/h1-10H,13H2;4H,5H2,1-3H3. The first-order chi connectivity index (χ1) is 8.72. The highest BCUT2D eigenvalue weighted by Gasteiger charge is 1.93. The Balaban J connectivity index is 0.000000280. The third-order valence-electron chi connectivity index (χ3n) is 2.91. The van der Waals surface area contributed by atoms with E-state index in [4.69, 9.17) is 0 Å². The summed E-state index contributed by atoms with van der Waals surface area (Å²) in [5.74, 6) is 0. The molecule has 0 spiro atoms. The molecule has 0 saturated heterocycles. The second kappa shape index (κ2) is 8.89. The van der Waals surface area contributed by atoms with Crippen molar-refractivity contribution in [1.29, 1.82) is 0 Å². The maximum absolute atomic E-state index is 2.34. The van der Waals surface area contributed by atoms with Gasteiger partial charge in [0.05, 0.1) is 9.52 Å². The predicted molar refractivity (Wildman–Crippen MR) is 90.2 cm³/mol. The lowest BCUT2D eigenvalue weighted by atomic mass is 10.4. The SMILES string of the molecule is C[SiH2]C(C)C.c1ccc([SiH2]c2ccccc2)cc1. The molecule has 0 amide bonds. The third kappa shape index (κ3) is 6.57. The Morgan fingerprint density at radius 1 is 0.722 bits per heavy atom. The fourth-order valence-electron chi connectivity index (χ4n) is 1.43. The fourth-order valence-corrected chi connectivity index (χ4v) is 2.91. The van der Waals surface area contributed by atoms with E-state index in [0.717, 1.165) is 5.54 Å². The van der Waals surface area contributed by atoms with Gasteiger partial charge in [-0.2, -0.15) is 0 Å².